The minimum atomic E-state index is -0.815. The summed E-state index contributed by atoms with van der Waals surface area (Å²) in [6.45, 7) is 0. The molecule has 3 N–H and O–H groups in total. The Labute approximate surface area is 132 Å². The number of rotatable bonds is 2. The predicted molar refractivity (Wildman–Crippen MR) is 83.0 cm³/mol. The third kappa shape index (κ3) is 2.30. The number of anilines is 1. The number of hydrogen-bond acceptors (Lipinski definition) is 3. The third-order valence-electron chi connectivity index (χ3n) is 3.09. The van der Waals surface area contributed by atoms with E-state index >= 15 is 0 Å². The van der Waals surface area contributed by atoms with E-state index in [2.05, 4.69) is 25.9 Å². The zero-order chi connectivity index (χ0) is 15.1. The Hall–Kier alpha value is -1.92. The summed E-state index contributed by atoms with van der Waals surface area (Å²) in [7, 11) is 0. The van der Waals surface area contributed by atoms with Crippen LogP contribution in [0.4, 0.5) is 10.1 Å². The fraction of sp³-hybridized carbons (Fsp3) is 0. The lowest BCUT2D eigenvalue weighted by molar-refractivity contribution is 0.103. The highest BCUT2D eigenvalue weighted by Crippen LogP contribution is 2.29. The fourth-order valence-corrected chi connectivity index (χ4v) is 2.64. The largest absolute Gasteiger partial charge is 0.396 e. The van der Waals surface area contributed by atoms with Crippen molar-refractivity contribution in [3.8, 4) is 0 Å². The molecular formula is C14H8BrClFN3O. The Morgan fingerprint density at radius 2 is 2.19 bits per heavy atom. The number of halogens is 3. The standard InChI is InChI=1S/C14H8BrClFN3O/c15-6-3-7-8(5-20-14(7)19-4-6)13(21)11-9(16)1-2-10(18)12(11)17/h1-5H,18H2,(H,19,20). The Morgan fingerprint density at radius 3 is 2.95 bits per heavy atom. The number of H-pyrrole nitrogens is 1. The number of nitrogen functional groups attached to an aromatic ring is 1. The van der Waals surface area contributed by atoms with Gasteiger partial charge in [-0.05, 0) is 34.1 Å². The lowest BCUT2D eigenvalue weighted by atomic mass is 10.0. The van der Waals surface area contributed by atoms with Crippen molar-refractivity contribution in [1.82, 2.24) is 9.97 Å². The summed E-state index contributed by atoms with van der Waals surface area (Å²) in [5, 5.41) is 0.594. The Kier molecular flexibility index (Phi) is 3.43. The fourth-order valence-electron chi connectivity index (χ4n) is 2.08. The average molecular weight is 369 g/mol. The number of nitrogens with two attached hydrogens (primary N) is 1. The molecule has 3 aromatic rings. The number of carbonyl (C=O) groups excluding carboxylic acids is 1. The highest BCUT2D eigenvalue weighted by Gasteiger charge is 2.22. The van der Waals surface area contributed by atoms with Gasteiger partial charge in [0.05, 0.1) is 16.3 Å². The number of nitrogens with one attached hydrogen (secondary N) is 1. The lowest BCUT2D eigenvalue weighted by Crippen LogP contribution is -2.07. The van der Waals surface area contributed by atoms with Crippen molar-refractivity contribution < 1.29 is 9.18 Å². The molecule has 0 amide bonds. The molecule has 0 bridgehead atoms. The first-order valence-corrected chi connectivity index (χ1v) is 7.07. The Morgan fingerprint density at radius 1 is 1.43 bits per heavy atom. The van der Waals surface area contributed by atoms with E-state index in [4.69, 9.17) is 17.3 Å². The summed E-state index contributed by atoms with van der Waals surface area (Å²) < 4.78 is 14.8. The second-order valence-electron chi connectivity index (χ2n) is 4.41. The first kappa shape index (κ1) is 14.0. The van der Waals surface area contributed by atoms with Crippen LogP contribution in [0.15, 0.2) is 35.1 Å². The topological polar surface area (TPSA) is 71.8 Å². The van der Waals surface area contributed by atoms with Gasteiger partial charge in [0.2, 0.25) is 0 Å². The zero-order valence-corrected chi connectivity index (χ0v) is 12.8. The van der Waals surface area contributed by atoms with Crippen LogP contribution in [0.1, 0.15) is 15.9 Å². The summed E-state index contributed by atoms with van der Waals surface area (Å²) in [6.07, 6.45) is 3.08. The molecule has 0 fully saturated rings. The molecular weight excluding hydrogens is 361 g/mol. The molecule has 0 unspecified atom stereocenters. The third-order valence-corrected chi connectivity index (χ3v) is 3.84. The average Bonchev–Trinajstić information content (AvgIpc) is 2.86. The van der Waals surface area contributed by atoms with E-state index < -0.39 is 11.6 Å². The summed E-state index contributed by atoms with van der Waals surface area (Å²) >= 11 is 9.23. The molecule has 7 heteroatoms. The van der Waals surface area contributed by atoms with E-state index in [1.54, 1.807) is 12.3 Å². The molecule has 4 nitrogen and oxygen atoms in total. The molecule has 2 aromatic heterocycles. The molecule has 0 aliphatic rings. The first-order chi connectivity index (χ1) is 9.99. The van der Waals surface area contributed by atoms with E-state index in [-0.39, 0.29) is 21.8 Å². The zero-order valence-electron chi connectivity index (χ0n) is 10.5. The monoisotopic (exact) mass is 367 g/mol. The van der Waals surface area contributed by atoms with Gasteiger partial charge in [0.25, 0.3) is 0 Å². The van der Waals surface area contributed by atoms with Gasteiger partial charge in [-0.2, -0.15) is 0 Å². The molecule has 1 aromatic carbocycles. The van der Waals surface area contributed by atoms with Crippen LogP contribution in [0.5, 0.6) is 0 Å². The van der Waals surface area contributed by atoms with E-state index in [9.17, 15) is 9.18 Å². The van der Waals surface area contributed by atoms with Crippen LogP contribution >= 0.6 is 27.5 Å². The number of carbonyl (C=O) groups is 1. The van der Waals surface area contributed by atoms with Crippen molar-refractivity contribution >= 4 is 50.0 Å². The highest BCUT2D eigenvalue weighted by atomic mass is 79.9. The van der Waals surface area contributed by atoms with Crippen molar-refractivity contribution in [3.63, 3.8) is 0 Å². The first-order valence-electron chi connectivity index (χ1n) is 5.90. The number of pyridine rings is 1. The van der Waals surface area contributed by atoms with E-state index in [1.807, 2.05) is 0 Å². The van der Waals surface area contributed by atoms with Gasteiger partial charge in [0.15, 0.2) is 11.6 Å². The number of fused-ring (bicyclic) bond motifs is 1. The second-order valence-corrected chi connectivity index (χ2v) is 5.73. The van der Waals surface area contributed by atoms with E-state index in [0.29, 0.717) is 15.5 Å². The SMILES string of the molecule is Nc1ccc(Cl)c(C(=O)c2c[nH]c3ncc(Br)cc23)c1F. The maximum Gasteiger partial charge on any atom is 0.199 e. The van der Waals surface area contributed by atoms with Crippen LogP contribution in [0.2, 0.25) is 5.02 Å². The van der Waals surface area contributed by atoms with Gasteiger partial charge in [-0.3, -0.25) is 4.79 Å². The number of benzene rings is 1. The van der Waals surface area contributed by atoms with Crippen LogP contribution in [-0.4, -0.2) is 15.8 Å². The molecule has 0 aliphatic heterocycles. The van der Waals surface area contributed by atoms with Gasteiger partial charge in [-0.1, -0.05) is 11.6 Å². The molecule has 0 saturated carbocycles. The molecule has 0 saturated heterocycles. The smallest absolute Gasteiger partial charge is 0.199 e. The summed E-state index contributed by atoms with van der Waals surface area (Å²) in [5.41, 5.74) is 5.95. The maximum atomic E-state index is 14.1. The molecule has 21 heavy (non-hydrogen) atoms. The summed E-state index contributed by atoms with van der Waals surface area (Å²) in [4.78, 5) is 19.6. The van der Waals surface area contributed by atoms with Crippen molar-refractivity contribution in [2.75, 3.05) is 5.73 Å². The molecule has 3 rings (SSSR count). The van der Waals surface area contributed by atoms with Crippen molar-refractivity contribution in [3.05, 3.63) is 57.0 Å². The van der Waals surface area contributed by atoms with Gasteiger partial charge in [-0.15, -0.1) is 0 Å². The number of ketones is 1. The Bertz CT molecular complexity index is 878. The second kappa shape index (κ2) is 5.13. The molecule has 0 spiro atoms. The van der Waals surface area contributed by atoms with Crippen LogP contribution in [-0.2, 0) is 0 Å². The minimum Gasteiger partial charge on any atom is -0.396 e. The molecule has 2 heterocycles. The quantitative estimate of drug-likeness (QED) is 0.532. The number of nitrogens with zero attached hydrogens (tertiary/aromatic N) is 1. The van der Waals surface area contributed by atoms with Gasteiger partial charge in [0, 0.05) is 27.8 Å². The number of aromatic amines is 1. The molecule has 106 valence electrons. The Balaban J connectivity index is 2.22. The molecule has 0 radical (unpaired) electrons. The van der Waals surface area contributed by atoms with Crippen LogP contribution in [0, 0.1) is 5.82 Å². The van der Waals surface area contributed by atoms with Crippen molar-refractivity contribution in [2.45, 2.75) is 0 Å². The lowest BCUT2D eigenvalue weighted by Gasteiger charge is -2.06. The van der Waals surface area contributed by atoms with Gasteiger partial charge < -0.3 is 10.7 Å². The molecule has 0 atom stereocenters. The van der Waals surface area contributed by atoms with Crippen LogP contribution in [0.25, 0.3) is 11.0 Å². The predicted octanol–water partition coefficient (Wildman–Crippen LogP) is 3.93. The molecule has 0 aliphatic carbocycles. The summed E-state index contributed by atoms with van der Waals surface area (Å²) in [6, 6.07) is 4.45. The van der Waals surface area contributed by atoms with Crippen molar-refractivity contribution in [1.29, 1.82) is 0 Å². The highest BCUT2D eigenvalue weighted by molar-refractivity contribution is 9.10. The van der Waals surface area contributed by atoms with E-state index in [0.717, 1.165) is 0 Å². The maximum absolute atomic E-state index is 14.1. The van der Waals surface area contributed by atoms with Crippen LogP contribution in [0.3, 0.4) is 0 Å². The van der Waals surface area contributed by atoms with Crippen LogP contribution < -0.4 is 5.73 Å². The number of hydrogen-bond donors (Lipinski definition) is 2. The van der Waals surface area contributed by atoms with E-state index in [1.165, 1.54) is 18.3 Å². The summed E-state index contributed by atoms with van der Waals surface area (Å²) in [5.74, 6) is -1.36. The van der Waals surface area contributed by atoms with Crippen molar-refractivity contribution in [2.24, 2.45) is 0 Å². The van der Waals surface area contributed by atoms with Gasteiger partial charge in [0.1, 0.15) is 5.65 Å². The number of aromatic nitrogens is 2. The van der Waals surface area contributed by atoms with Gasteiger partial charge in [-0.25, -0.2) is 9.37 Å². The minimum absolute atomic E-state index is 0.0176. The van der Waals surface area contributed by atoms with Gasteiger partial charge >= 0.3 is 0 Å². The normalized spacial score (nSPS) is 11.0.